The molecule has 1 aliphatic rings. The van der Waals surface area contributed by atoms with Gasteiger partial charge in [0.05, 0.1) is 6.04 Å². The molecule has 0 amide bonds. The molecule has 1 aromatic rings. The van der Waals surface area contributed by atoms with Gasteiger partial charge < -0.3 is 5.73 Å². The monoisotopic (exact) mass is 311 g/mol. The Bertz CT molecular complexity index is 394. The highest BCUT2D eigenvalue weighted by Gasteiger charge is 2.30. The molecule has 2 heterocycles. The van der Waals surface area contributed by atoms with E-state index < -0.39 is 0 Å². The first-order chi connectivity index (χ1) is 8.58. The highest BCUT2D eigenvalue weighted by atomic mass is 79.9. The molecular weight excluding hydrogens is 290 g/mol. The van der Waals surface area contributed by atoms with E-state index in [1.54, 1.807) is 0 Å². The summed E-state index contributed by atoms with van der Waals surface area (Å²) in [5.74, 6) is 0.665. The molecule has 0 spiro atoms. The zero-order valence-corrected chi connectivity index (χ0v) is 12.7. The van der Waals surface area contributed by atoms with Crippen molar-refractivity contribution in [2.75, 3.05) is 13.1 Å². The second kappa shape index (κ2) is 6.13. The first-order valence-corrected chi connectivity index (χ1v) is 7.47. The molecule has 0 aliphatic carbocycles. The van der Waals surface area contributed by atoms with Crippen LogP contribution >= 0.6 is 15.9 Å². The second-order valence-electron chi connectivity index (χ2n) is 5.58. The maximum Gasteiger partial charge on any atom is 0.0514 e. The molecule has 0 bridgehead atoms. The van der Waals surface area contributed by atoms with E-state index in [1.807, 2.05) is 12.4 Å². The maximum atomic E-state index is 6.34. The lowest BCUT2D eigenvalue weighted by molar-refractivity contribution is 0.114. The summed E-state index contributed by atoms with van der Waals surface area (Å²) in [5.41, 5.74) is 7.58. The fourth-order valence-corrected chi connectivity index (χ4v) is 3.20. The third-order valence-electron chi connectivity index (χ3n) is 3.45. The Morgan fingerprint density at radius 1 is 1.50 bits per heavy atom. The van der Waals surface area contributed by atoms with E-state index in [-0.39, 0.29) is 6.04 Å². The van der Waals surface area contributed by atoms with Crippen molar-refractivity contribution in [3.8, 4) is 0 Å². The van der Waals surface area contributed by atoms with Crippen LogP contribution < -0.4 is 5.73 Å². The van der Waals surface area contributed by atoms with Gasteiger partial charge in [-0.25, -0.2) is 0 Å². The zero-order valence-electron chi connectivity index (χ0n) is 11.1. The predicted octanol–water partition coefficient (Wildman–Crippen LogP) is 2.96. The summed E-state index contributed by atoms with van der Waals surface area (Å²) >= 11 is 3.50. The smallest absolute Gasteiger partial charge is 0.0514 e. The number of rotatable bonds is 3. The Kier molecular flexibility index (Phi) is 4.76. The number of nitrogens with two attached hydrogens (primary N) is 1. The van der Waals surface area contributed by atoms with Crippen molar-refractivity contribution >= 4 is 15.9 Å². The van der Waals surface area contributed by atoms with Crippen LogP contribution in [0.2, 0.25) is 0 Å². The lowest BCUT2D eigenvalue weighted by atomic mass is 9.91. The Morgan fingerprint density at radius 2 is 2.28 bits per heavy atom. The number of pyridine rings is 1. The van der Waals surface area contributed by atoms with Crippen LogP contribution in [0.3, 0.4) is 0 Å². The summed E-state index contributed by atoms with van der Waals surface area (Å²) in [6.07, 6.45) is 6.08. The van der Waals surface area contributed by atoms with Crippen molar-refractivity contribution in [1.82, 2.24) is 9.88 Å². The summed E-state index contributed by atoms with van der Waals surface area (Å²) in [6, 6.07) is 2.68. The molecule has 0 aromatic carbocycles. The molecule has 2 N–H and O–H groups in total. The summed E-state index contributed by atoms with van der Waals surface area (Å²) in [6.45, 7) is 6.76. The normalized spacial score (nSPS) is 25.6. The third kappa shape index (κ3) is 3.31. The number of piperidine rings is 1. The number of nitrogens with zero attached hydrogens (tertiary/aromatic N) is 2. The molecule has 2 rings (SSSR count). The second-order valence-corrected chi connectivity index (χ2v) is 6.49. The fourth-order valence-electron chi connectivity index (χ4n) is 2.82. The molecule has 1 aromatic heterocycles. The Morgan fingerprint density at radius 3 is 2.94 bits per heavy atom. The number of aromatic nitrogens is 1. The molecular formula is C14H22BrN3. The van der Waals surface area contributed by atoms with Gasteiger partial charge in [0.25, 0.3) is 0 Å². The zero-order chi connectivity index (χ0) is 13.1. The first kappa shape index (κ1) is 14.0. The highest BCUT2D eigenvalue weighted by molar-refractivity contribution is 9.10. The van der Waals surface area contributed by atoms with Crippen LogP contribution in [-0.2, 0) is 0 Å². The number of hydrogen-bond donors (Lipinski definition) is 1. The van der Waals surface area contributed by atoms with Crippen LogP contribution in [0.5, 0.6) is 0 Å². The van der Waals surface area contributed by atoms with E-state index in [1.165, 1.54) is 12.0 Å². The average Bonchev–Trinajstić information content (AvgIpc) is 2.28. The Labute approximate surface area is 118 Å². The molecule has 4 heteroatoms. The minimum atomic E-state index is 0.216. The number of halogens is 1. The summed E-state index contributed by atoms with van der Waals surface area (Å²) in [5, 5.41) is 0. The van der Waals surface area contributed by atoms with Crippen molar-refractivity contribution in [3.05, 3.63) is 28.5 Å². The van der Waals surface area contributed by atoms with E-state index in [0.717, 1.165) is 24.0 Å². The van der Waals surface area contributed by atoms with Crippen LogP contribution in [0.4, 0.5) is 0 Å². The standard InChI is InChI=1S/C14H22BrN3/c1-10(2)9-18-5-3-4-13(16)14(18)11-6-12(15)8-17-7-11/h6-8,10,13-14H,3-5,9,16H2,1-2H3. The quantitative estimate of drug-likeness (QED) is 0.933. The average molecular weight is 312 g/mol. The number of hydrogen-bond acceptors (Lipinski definition) is 3. The van der Waals surface area contributed by atoms with Gasteiger partial charge in [0.2, 0.25) is 0 Å². The lowest BCUT2D eigenvalue weighted by Crippen LogP contribution is -2.47. The molecule has 1 aliphatic heterocycles. The SMILES string of the molecule is CC(C)CN1CCCC(N)C1c1cncc(Br)c1. The van der Waals surface area contributed by atoms with Gasteiger partial charge in [-0.05, 0) is 52.9 Å². The van der Waals surface area contributed by atoms with Gasteiger partial charge in [-0.1, -0.05) is 13.8 Å². The third-order valence-corrected chi connectivity index (χ3v) is 3.88. The van der Waals surface area contributed by atoms with Crippen molar-refractivity contribution in [2.45, 2.75) is 38.8 Å². The predicted molar refractivity (Wildman–Crippen MR) is 78.3 cm³/mol. The minimum absolute atomic E-state index is 0.216. The van der Waals surface area contributed by atoms with Crippen LogP contribution in [-0.4, -0.2) is 29.0 Å². The molecule has 2 unspecified atom stereocenters. The topological polar surface area (TPSA) is 42.1 Å². The fraction of sp³-hybridized carbons (Fsp3) is 0.643. The largest absolute Gasteiger partial charge is 0.326 e. The molecule has 18 heavy (non-hydrogen) atoms. The maximum absolute atomic E-state index is 6.34. The molecule has 0 saturated carbocycles. The van der Waals surface area contributed by atoms with Gasteiger partial charge in [-0.2, -0.15) is 0 Å². The molecule has 3 nitrogen and oxygen atoms in total. The van der Waals surface area contributed by atoms with Gasteiger partial charge in [0.1, 0.15) is 0 Å². The highest BCUT2D eigenvalue weighted by Crippen LogP contribution is 2.31. The van der Waals surface area contributed by atoms with E-state index >= 15 is 0 Å². The van der Waals surface area contributed by atoms with Crippen LogP contribution in [0.15, 0.2) is 22.9 Å². The summed E-state index contributed by atoms with van der Waals surface area (Å²) in [7, 11) is 0. The van der Waals surface area contributed by atoms with Gasteiger partial charge in [-0.15, -0.1) is 0 Å². The molecule has 1 fully saturated rings. The van der Waals surface area contributed by atoms with Crippen molar-refractivity contribution in [1.29, 1.82) is 0 Å². The van der Waals surface area contributed by atoms with Gasteiger partial charge >= 0.3 is 0 Å². The summed E-state index contributed by atoms with van der Waals surface area (Å²) in [4.78, 5) is 6.79. The molecule has 0 radical (unpaired) electrons. The van der Waals surface area contributed by atoms with Crippen molar-refractivity contribution in [2.24, 2.45) is 11.7 Å². The van der Waals surface area contributed by atoms with Crippen molar-refractivity contribution < 1.29 is 0 Å². The Hall–Kier alpha value is -0.450. The van der Waals surface area contributed by atoms with Gasteiger partial charge in [0, 0.05) is 29.5 Å². The van der Waals surface area contributed by atoms with Gasteiger partial charge in [-0.3, -0.25) is 9.88 Å². The Balaban J connectivity index is 2.24. The lowest BCUT2D eigenvalue weighted by Gasteiger charge is -2.40. The van der Waals surface area contributed by atoms with Crippen LogP contribution in [0, 0.1) is 5.92 Å². The van der Waals surface area contributed by atoms with Crippen LogP contribution in [0.25, 0.3) is 0 Å². The molecule has 100 valence electrons. The number of likely N-dealkylation sites (tertiary alicyclic amines) is 1. The molecule has 2 atom stereocenters. The van der Waals surface area contributed by atoms with E-state index in [0.29, 0.717) is 12.0 Å². The van der Waals surface area contributed by atoms with Crippen molar-refractivity contribution in [3.63, 3.8) is 0 Å². The van der Waals surface area contributed by atoms with Gasteiger partial charge in [0.15, 0.2) is 0 Å². The minimum Gasteiger partial charge on any atom is -0.326 e. The van der Waals surface area contributed by atoms with E-state index in [9.17, 15) is 0 Å². The van der Waals surface area contributed by atoms with E-state index in [4.69, 9.17) is 5.73 Å². The first-order valence-electron chi connectivity index (χ1n) is 6.68. The van der Waals surface area contributed by atoms with Crippen LogP contribution in [0.1, 0.15) is 38.3 Å². The molecule has 1 saturated heterocycles. The summed E-state index contributed by atoms with van der Waals surface area (Å²) < 4.78 is 1.03. The van der Waals surface area contributed by atoms with E-state index in [2.05, 4.69) is 45.7 Å².